The Bertz CT molecular complexity index is 887. The van der Waals surface area contributed by atoms with Gasteiger partial charge in [0.05, 0.1) is 6.54 Å². The smallest absolute Gasteiger partial charge is 0.280 e. The fourth-order valence-corrected chi connectivity index (χ4v) is 3.19. The van der Waals surface area contributed by atoms with E-state index in [4.69, 9.17) is 0 Å². The zero-order valence-electron chi connectivity index (χ0n) is 12.6. The lowest BCUT2D eigenvalue weighted by atomic mass is 10.2. The minimum atomic E-state index is -2.67. The van der Waals surface area contributed by atoms with Crippen molar-refractivity contribution in [1.29, 1.82) is 0 Å². The zero-order chi connectivity index (χ0) is 16.7. The first-order valence-corrected chi connectivity index (χ1v) is 8.49. The molecule has 0 unspecified atom stereocenters. The van der Waals surface area contributed by atoms with Crippen LogP contribution >= 0.6 is 11.3 Å². The Kier molecular flexibility index (Phi) is 3.76. The maximum atomic E-state index is 13.3. The van der Waals surface area contributed by atoms with Gasteiger partial charge in [-0.2, -0.15) is 5.10 Å². The molecule has 8 heteroatoms. The molecule has 124 valence electrons. The second kappa shape index (κ2) is 5.94. The minimum Gasteiger partial charge on any atom is -0.346 e. The van der Waals surface area contributed by atoms with Crippen molar-refractivity contribution in [3.63, 3.8) is 0 Å². The van der Waals surface area contributed by atoms with Gasteiger partial charge in [-0.05, 0) is 30.4 Å². The van der Waals surface area contributed by atoms with Crippen LogP contribution in [0.4, 0.5) is 8.78 Å². The molecule has 24 heavy (non-hydrogen) atoms. The fourth-order valence-electron chi connectivity index (χ4n) is 2.54. The van der Waals surface area contributed by atoms with E-state index in [-0.39, 0.29) is 23.0 Å². The Balaban J connectivity index is 1.64. The van der Waals surface area contributed by atoms with Crippen molar-refractivity contribution in [2.45, 2.75) is 31.7 Å². The summed E-state index contributed by atoms with van der Waals surface area (Å²) in [5.74, 6) is -0.152. The second-order valence-electron chi connectivity index (χ2n) is 5.74. The summed E-state index contributed by atoms with van der Waals surface area (Å²) >= 11 is 1.53. The third kappa shape index (κ3) is 2.89. The molecule has 4 rings (SSSR count). The van der Waals surface area contributed by atoms with Crippen LogP contribution in [0.15, 0.2) is 29.6 Å². The molecule has 1 aliphatic carbocycles. The number of aromatic nitrogens is 3. The average molecular weight is 348 g/mol. The van der Waals surface area contributed by atoms with Gasteiger partial charge in [0.25, 0.3) is 12.3 Å². The second-order valence-corrected chi connectivity index (χ2v) is 6.77. The molecule has 1 saturated carbocycles. The molecule has 0 bridgehead atoms. The van der Waals surface area contributed by atoms with Crippen LogP contribution in [0.3, 0.4) is 0 Å². The molecule has 0 aliphatic heterocycles. The van der Waals surface area contributed by atoms with E-state index in [0.717, 1.165) is 22.2 Å². The Hall–Kier alpha value is -2.35. The zero-order valence-corrected chi connectivity index (χ0v) is 13.4. The lowest BCUT2D eigenvalue weighted by molar-refractivity contribution is 0.0945. The van der Waals surface area contributed by atoms with E-state index < -0.39 is 12.3 Å². The molecule has 1 N–H and O–H groups in total. The SMILES string of the molecule is O=C(NCc1cccs1)c1cc2nc(C3CC3)cc(C(F)F)n2n1. The van der Waals surface area contributed by atoms with E-state index in [2.05, 4.69) is 15.4 Å². The van der Waals surface area contributed by atoms with Crippen LogP contribution in [0.1, 0.15) is 51.9 Å². The van der Waals surface area contributed by atoms with E-state index in [1.165, 1.54) is 23.5 Å². The first-order valence-electron chi connectivity index (χ1n) is 7.61. The molecule has 0 spiro atoms. The highest BCUT2D eigenvalue weighted by Gasteiger charge is 2.28. The Morgan fingerprint density at radius 1 is 1.42 bits per heavy atom. The van der Waals surface area contributed by atoms with Gasteiger partial charge in [-0.1, -0.05) is 6.07 Å². The number of hydrogen-bond donors (Lipinski definition) is 1. The topological polar surface area (TPSA) is 59.3 Å². The van der Waals surface area contributed by atoms with Gasteiger partial charge < -0.3 is 5.32 Å². The van der Waals surface area contributed by atoms with Crippen LogP contribution in [-0.4, -0.2) is 20.5 Å². The lowest BCUT2D eigenvalue weighted by Crippen LogP contribution is -2.22. The summed E-state index contributed by atoms with van der Waals surface area (Å²) in [6.07, 6.45) is -0.739. The van der Waals surface area contributed by atoms with Gasteiger partial charge in [0.15, 0.2) is 11.3 Å². The van der Waals surface area contributed by atoms with Crippen molar-refractivity contribution in [1.82, 2.24) is 19.9 Å². The average Bonchev–Trinajstić information content (AvgIpc) is 3.11. The number of carbonyl (C=O) groups is 1. The number of fused-ring (bicyclic) bond motifs is 1. The van der Waals surface area contributed by atoms with Crippen LogP contribution < -0.4 is 5.32 Å². The van der Waals surface area contributed by atoms with Gasteiger partial charge in [-0.25, -0.2) is 18.3 Å². The van der Waals surface area contributed by atoms with Crippen molar-refractivity contribution >= 4 is 22.9 Å². The van der Waals surface area contributed by atoms with Gasteiger partial charge in [0, 0.05) is 22.6 Å². The predicted molar refractivity (Wildman–Crippen MR) is 85.4 cm³/mol. The Morgan fingerprint density at radius 2 is 2.25 bits per heavy atom. The number of hydrogen-bond acceptors (Lipinski definition) is 4. The Morgan fingerprint density at radius 3 is 2.92 bits per heavy atom. The third-order valence-corrected chi connectivity index (χ3v) is 4.81. The molecule has 0 saturated heterocycles. The molecular weight excluding hydrogens is 334 g/mol. The summed E-state index contributed by atoms with van der Waals surface area (Å²) < 4.78 is 27.7. The van der Waals surface area contributed by atoms with Crippen molar-refractivity contribution in [3.05, 3.63) is 51.6 Å². The molecule has 3 aromatic rings. The van der Waals surface area contributed by atoms with Crippen molar-refractivity contribution < 1.29 is 13.6 Å². The van der Waals surface area contributed by atoms with Crippen LogP contribution in [-0.2, 0) is 6.54 Å². The molecule has 1 fully saturated rings. The predicted octanol–water partition coefficient (Wildman–Crippen LogP) is 3.54. The van der Waals surface area contributed by atoms with Gasteiger partial charge in [0.1, 0.15) is 5.69 Å². The largest absolute Gasteiger partial charge is 0.346 e. The number of rotatable bonds is 5. The number of amides is 1. The third-order valence-electron chi connectivity index (χ3n) is 3.93. The van der Waals surface area contributed by atoms with E-state index >= 15 is 0 Å². The van der Waals surface area contributed by atoms with Gasteiger partial charge >= 0.3 is 0 Å². The first kappa shape index (κ1) is 15.2. The standard InChI is InChI=1S/C16H14F2N4OS/c17-15(18)13-6-11(9-3-4-9)20-14-7-12(21-22(13)14)16(23)19-8-10-2-1-5-24-10/h1-2,5-7,9,15H,3-4,8H2,(H,19,23). The van der Waals surface area contributed by atoms with Gasteiger partial charge in [-0.3, -0.25) is 4.79 Å². The maximum Gasteiger partial charge on any atom is 0.280 e. The highest BCUT2D eigenvalue weighted by molar-refractivity contribution is 7.09. The minimum absolute atomic E-state index is 0.0916. The molecular formula is C16H14F2N4OS. The number of carbonyl (C=O) groups excluding carboxylic acids is 1. The molecule has 0 radical (unpaired) electrons. The van der Waals surface area contributed by atoms with Gasteiger partial charge in [0.2, 0.25) is 0 Å². The molecule has 0 aromatic carbocycles. The molecule has 5 nitrogen and oxygen atoms in total. The van der Waals surface area contributed by atoms with Gasteiger partial charge in [-0.15, -0.1) is 11.3 Å². The number of nitrogens with one attached hydrogen (secondary N) is 1. The van der Waals surface area contributed by atoms with E-state index in [1.54, 1.807) is 0 Å². The normalized spacial score (nSPS) is 14.5. The van der Waals surface area contributed by atoms with Crippen LogP contribution in [0.25, 0.3) is 5.65 Å². The lowest BCUT2D eigenvalue weighted by Gasteiger charge is -2.06. The molecule has 1 amide bonds. The highest BCUT2D eigenvalue weighted by atomic mass is 32.1. The van der Waals surface area contributed by atoms with E-state index in [9.17, 15) is 13.6 Å². The summed E-state index contributed by atoms with van der Waals surface area (Å²) in [4.78, 5) is 17.6. The molecule has 1 aliphatic rings. The number of halogens is 2. The summed E-state index contributed by atoms with van der Waals surface area (Å²) in [7, 11) is 0. The van der Waals surface area contributed by atoms with Crippen molar-refractivity contribution in [2.75, 3.05) is 0 Å². The van der Waals surface area contributed by atoms with Crippen LogP contribution in [0.2, 0.25) is 0 Å². The quantitative estimate of drug-likeness (QED) is 0.767. The monoisotopic (exact) mass is 348 g/mol. The number of thiophene rings is 1. The summed E-state index contributed by atoms with van der Waals surface area (Å²) in [5, 5.41) is 8.68. The fraction of sp³-hybridized carbons (Fsp3) is 0.312. The molecule has 3 aromatic heterocycles. The van der Waals surface area contributed by atoms with Crippen LogP contribution in [0.5, 0.6) is 0 Å². The van der Waals surface area contributed by atoms with Crippen molar-refractivity contribution in [3.8, 4) is 0 Å². The van der Waals surface area contributed by atoms with Crippen molar-refractivity contribution in [2.24, 2.45) is 0 Å². The molecule has 0 atom stereocenters. The molecule has 3 heterocycles. The van der Waals surface area contributed by atoms with E-state index in [0.29, 0.717) is 12.2 Å². The first-order chi connectivity index (χ1) is 11.6. The summed E-state index contributed by atoms with van der Waals surface area (Å²) in [6.45, 7) is 0.382. The Labute approximate surface area is 140 Å². The maximum absolute atomic E-state index is 13.3. The highest BCUT2D eigenvalue weighted by Crippen LogP contribution is 2.40. The van der Waals surface area contributed by atoms with E-state index in [1.807, 2.05) is 17.5 Å². The number of alkyl halides is 2. The summed E-state index contributed by atoms with van der Waals surface area (Å²) in [6, 6.07) is 6.67. The van der Waals surface area contributed by atoms with Crippen LogP contribution in [0, 0.1) is 0 Å². The summed E-state index contributed by atoms with van der Waals surface area (Å²) in [5.41, 5.74) is 0.812. The number of nitrogens with zero attached hydrogens (tertiary/aromatic N) is 3.